The predicted octanol–water partition coefficient (Wildman–Crippen LogP) is 4.25. The second-order valence-electron chi connectivity index (χ2n) is 6.86. The lowest BCUT2D eigenvalue weighted by Crippen LogP contribution is -2.26. The first kappa shape index (κ1) is 21.5. The monoisotopic (exact) mass is 432 g/mol. The van der Waals surface area contributed by atoms with Gasteiger partial charge in [-0.3, -0.25) is 9.36 Å². The molecule has 0 radical (unpaired) electrons. The molecule has 2 aromatic carbocycles. The number of nitrogens with zero attached hydrogens (tertiary/aromatic N) is 1. The Kier molecular flexibility index (Phi) is 5.95. The highest BCUT2D eigenvalue weighted by Crippen LogP contribution is 2.36. The fourth-order valence-electron chi connectivity index (χ4n) is 2.98. The second kappa shape index (κ2) is 8.29. The first-order chi connectivity index (χ1) is 14.1. The van der Waals surface area contributed by atoms with Gasteiger partial charge in [0, 0.05) is 30.9 Å². The minimum Gasteiger partial charge on any atom is -0.494 e. The smallest absolute Gasteiger partial charge is 0.346 e. The Bertz CT molecular complexity index is 1190. The zero-order valence-corrected chi connectivity index (χ0v) is 17.8. The van der Waals surface area contributed by atoms with E-state index >= 15 is 0 Å². The van der Waals surface area contributed by atoms with Crippen molar-refractivity contribution >= 4 is 27.6 Å². The topological polar surface area (TPSA) is 92.6 Å². The lowest BCUT2D eigenvalue weighted by Gasteiger charge is -2.19. The summed E-state index contributed by atoms with van der Waals surface area (Å²) in [7, 11) is -0.929. The third-order valence-corrected chi connectivity index (χ3v) is 6.02. The molecule has 0 bridgehead atoms. The van der Waals surface area contributed by atoms with Gasteiger partial charge in [-0.05, 0) is 41.8 Å². The summed E-state index contributed by atoms with van der Waals surface area (Å²) in [5.74, 6) is -0.185. The van der Waals surface area contributed by atoms with E-state index in [0.717, 1.165) is 28.9 Å². The maximum absolute atomic E-state index is 13.2. The number of rotatable bonds is 6. The molecule has 7 nitrogen and oxygen atoms in total. The minimum atomic E-state index is -3.83. The van der Waals surface area contributed by atoms with Gasteiger partial charge in [0.2, 0.25) is 4.90 Å². The van der Waals surface area contributed by atoms with Crippen molar-refractivity contribution < 1.29 is 17.9 Å². The number of halogens is 1. The molecule has 30 heavy (non-hydrogen) atoms. The summed E-state index contributed by atoms with van der Waals surface area (Å²) in [5, 5.41) is 3.16. The molecule has 0 aliphatic rings. The number of pyridine rings is 1. The van der Waals surface area contributed by atoms with Crippen molar-refractivity contribution in [3.63, 3.8) is 0 Å². The SMILES string of the molecule is COc1cc(=O)n(C)c(Nc2ccc(C)cc2C)c1N[S+](=O)(O)c1ccc(F)cc1. The maximum atomic E-state index is 13.2. The van der Waals surface area contributed by atoms with Crippen LogP contribution in [0.5, 0.6) is 5.75 Å². The fraction of sp³-hybridized carbons (Fsp3) is 0.190. The van der Waals surface area contributed by atoms with Crippen LogP contribution in [0.15, 0.2) is 58.2 Å². The lowest BCUT2D eigenvalue weighted by atomic mass is 10.1. The highest BCUT2D eigenvalue weighted by molar-refractivity contribution is 7.99. The third-order valence-electron chi connectivity index (χ3n) is 4.63. The summed E-state index contributed by atoms with van der Waals surface area (Å²) < 4.78 is 46.0. The molecule has 0 amide bonds. The van der Waals surface area contributed by atoms with Gasteiger partial charge in [-0.15, -0.1) is 0 Å². The van der Waals surface area contributed by atoms with E-state index < -0.39 is 16.2 Å². The molecule has 3 N–H and O–H groups in total. The fourth-order valence-corrected chi connectivity index (χ4v) is 4.08. The van der Waals surface area contributed by atoms with E-state index in [0.29, 0.717) is 0 Å². The number of benzene rings is 2. The number of nitrogens with one attached hydrogen (secondary N) is 2. The van der Waals surface area contributed by atoms with Crippen LogP contribution in [-0.4, -0.2) is 16.2 Å². The van der Waals surface area contributed by atoms with Crippen LogP contribution in [0.1, 0.15) is 11.1 Å². The number of hydrogen-bond acceptors (Lipinski definition) is 4. The quantitative estimate of drug-likeness (QED) is 0.507. The molecule has 1 aromatic heterocycles. The zero-order chi connectivity index (χ0) is 22.1. The van der Waals surface area contributed by atoms with Crippen LogP contribution in [0.3, 0.4) is 0 Å². The van der Waals surface area contributed by atoms with Crippen molar-refractivity contribution in [2.75, 3.05) is 17.1 Å². The molecule has 1 atom stereocenters. The van der Waals surface area contributed by atoms with Gasteiger partial charge in [-0.25, -0.2) is 4.39 Å². The van der Waals surface area contributed by atoms with Gasteiger partial charge in [-0.2, -0.15) is 9.27 Å². The Morgan fingerprint density at radius 2 is 1.77 bits per heavy atom. The normalized spacial score (nSPS) is 12.9. The Hall–Kier alpha value is -3.17. The molecule has 0 spiro atoms. The van der Waals surface area contributed by atoms with E-state index in [1.54, 1.807) is 0 Å². The third kappa shape index (κ3) is 4.37. The van der Waals surface area contributed by atoms with Gasteiger partial charge < -0.3 is 10.1 Å². The molecule has 0 fully saturated rings. The molecule has 9 heteroatoms. The molecule has 0 aliphatic carbocycles. The maximum Gasteiger partial charge on any atom is 0.346 e. The summed E-state index contributed by atoms with van der Waals surface area (Å²) in [4.78, 5) is 12.4. The Morgan fingerprint density at radius 1 is 1.10 bits per heavy atom. The Labute approximate surface area is 174 Å². The number of aryl methyl sites for hydroxylation is 2. The van der Waals surface area contributed by atoms with Gasteiger partial charge in [0.1, 0.15) is 11.6 Å². The average molecular weight is 432 g/mol. The average Bonchev–Trinajstić information content (AvgIpc) is 2.69. The highest BCUT2D eigenvalue weighted by atomic mass is 32.3. The molecular formula is C21H23FN3O4S+. The van der Waals surface area contributed by atoms with Gasteiger partial charge in [0.25, 0.3) is 5.56 Å². The molecule has 0 saturated heterocycles. The van der Waals surface area contributed by atoms with Crippen LogP contribution in [-0.2, 0) is 21.7 Å². The molecule has 3 aromatic rings. The number of anilines is 3. The number of aromatic nitrogens is 1. The van der Waals surface area contributed by atoms with Crippen LogP contribution in [0.25, 0.3) is 0 Å². The molecule has 3 rings (SSSR count). The summed E-state index contributed by atoms with van der Waals surface area (Å²) in [5.41, 5.74) is 2.48. The number of methoxy groups -OCH3 is 1. The Balaban J connectivity index is 2.12. The van der Waals surface area contributed by atoms with E-state index in [9.17, 15) is 17.9 Å². The van der Waals surface area contributed by atoms with Crippen molar-refractivity contribution in [3.8, 4) is 5.75 Å². The van der Waals surface area contributed by atoms with E-state index in [2.05, 4.69) is 10.0 Å². The van der Waals surface area contributed by atoms with E-state index in [-0.39, 0.29) is 27.7 Å². The molecule has 1 heterocycles. The van der Waals surface area contributed by atoms with E-state index in [1.807, 2.05) is 32.0 Å². The first-order valence-electron chi connectivity index (χ1n) is 9.04. The standard InChI is InChI=1S/C21H22FN3O4S/c1-13-5-10-17(14(2)11-13)23-21-20(18(29-4)12-19(26)25(21)3)24-30(27,28)16-8-6-15(22)7-9-16/h5-12H,1-4H3,(H2-,23,24,26,27,28)/p+1. The Morgan fingerprint density at radius 3 is 2.37 bits per heavy atom. The van der Waals surface area contributed by atoms with Crippen LogP contribution in [0.2, 0.25) is 0 Å². The van der Waals surface area contributed by atoms with Crippen LogP contribution in [0.4, 0.5) is 21.6 Å². The van der Waals surface area contributed by atoms with Crippen molar-refractivity contribution in [1.82, 2.24) is 4.57 Å². The van der Waals surface area contributed by atoms with Gasteiger partial charge in [0.05, 0.1) is 7.11 Å². The van der Waals surface area contributed by atoms with Gasteiger partial charge in [-0.1, -0.05) is 17.7 Å². The van der Waals surface area contributed by atoms with Crippen molar-refractivity contribution in [2.24, 2.45) is 7.05 Å². The second-order valence-corrected chi connectivity index (χ2v) is 8.59. The number of hydrogen-bond donors (Lipinski definition) is 3. The molecule has 1 unspecified atom stereocenters. The molecule has 0 saturated carbocycles. The van der Waals surface area contributed by atoms with Gasteiger partial charge >= 0.3 is 10.4 Å². The summed E-state index contributed by atoms with van der Waals surface area (Å²) in [6.07, 6.45) is 0. The summed E-state index contributed by atoms with van der Waals surface area (Å²) >= 11 is 0. The van der Waals surface area contributed by atoms with Crippen LogP contribution < -0.4 is 20.3 Å². The van der Waals surface area contributed by atoms with E-state index in [4.69, 9.17) is 4.74 Å². The molecular weight excluding hydrogens is 409 g/mol. The van der Waals surface area contributed by atoms with Crippen LogP contribution in [0, 0.1) is 19.7 Å². The first-order valence-corrected chi connectivity index (χ1v) is 10.6. The van der Waals surface area contributed by atoms with E-state index in [1.165, 1.54) is 36.9 Å². The highest BCUT2D eigenvalue weighted by Gasteiger charge is 2.33. The van der Waals surface area contributed by atoms with Crippen molar-refractivity contribution in [2.45, 2.75) is 18.7 Å². The molecule has 158 valence electrons. The van der Waals surface area contributed by atoms with Gasteiger partial charge in [0.15, 0.2) is 11.4 Å². The predicted molar refractivity (Wildman–Crippen MR) is 116 cm³/mol. The molecule has 0 aliphatic heterocycles. The van der Waals surface area contributed by atoms with Crippen molar-refractivity contribution in [1.29, 1.82) is 0 Å². The minimum absolute atomic E-state index is 0.0164. The summed E-state index contributed by atoms with van der Waals surface area (Å²) in [6, 6.07) is 11.6. The lowest BCUT2D eigenvalue weighted by molar-refractivity contribution is 0.415. The van der Waals surface area contributed by atoms with Crippen molar-refractivity contribution in [3.05, 3.63) is 75.8 Å². The number of ether oxygens (including phenoxy) is 1. The summed E-state index contributed by atoms with van der Waals surface area (Å²) in [6.45, 7) is 3.88. The van der Waals surface area contributed by atoms with Crippen LogP contribution >= 0.6 is 0 Å². The largest absolute Gasteiger partial charge is 0.494 e. The zero-order valence-electron chi connectivity index (χ0n) is 17.0.